The molecule has 28 heavy (non-hydrogen) atoms. The Balaban J connectivity index is 1.59. The van der Waals surface area contributed by atoms with Gasteiger partial charge in [-0.3, -0.25) is 9.59 Å². The molecule has 1 saturated heterocycles. The first-order valence-electron chi connectivity index (χ1n) is 10.1. The van der Waals surface area contributed by atoms with Crippen LogP contribution in [0.25, 0.3) is 0 Å². The van der Waals surface area contributed by atoms with Crippen LogP contribution in [0.3, 0.4) is 0 Å². The standard InChI is InChI=1S/C22H29N3O2S/c1-3-24(4-2)22(27)19-9-5-6-10-20(19)25-13-11-17(12-14-25)23-21(26)16-18-8-7-15-28-18/h5-10,15,17H,3-4,11-14,16H2,1-2H3,(H,23,26). The maximum atomic E-state index is 12.9. The second-order valence-electron chi connectivity index (χ2n) is 7.08. The average Bonchev–Trinajstić information content (AvgIpc) is 3.22. The molecule has 1 aromatic heterocycles. The zero-order valence-corrected chi connectivity index (χ0v) is 17.5. The lowest BCUT2D eigenvalue weighted by Crippen LogP contribution is -2.45. The summed E-state index contributed by atoms with van der Waals surface area (Å²) in [5.74, 6) is 0.185. The molecule has 5 nitrogen and oxygen atoms in total. The Morgan fingerprint density at radius 2 is 1.82 bits per heavy atom. The highest BCUT2D eigenvalue weighted by molar-refractivity contribution is 7.10. The van der Waals surface area contributed by atoms with Gasteiger partial charge in [0, 0.05) is 42.8 Å². The number of benzene rings is 1. The lowest BCUT2D eigenvalue weighted by molar-refractivity contribution is -0.121. The normalized spacial score (nSPS) is 14.7. The molecule has 0 aliphatic carbocycles. The zero-order chi connectivity index (χ0) is 19.9. The number of carbonyl (C=O) groups excluding carboxylic acids is 2. The van der Waals surface area contributed by atoms with Crippen molar-refractivity contribution in [1.29, 1.82) is 0 Å². The molecule has 1 aliphatic rings. The second-order valence-corrected chi connectivity index (χ2v) is 8.11. The number of amides is 2. The molecule has 0 atom stereocenters. The Morgan fingerprint density at radius 1 is 1.11 bits per heavy atom. The minimum atomic E-state index is 0.0898. The minimum absolute atomic E-state index is 0.0898. The van der Waals surface area contributed by atoms with Gasteiger partial charge >= 0.3 is 0 Å². The lowest BCUT2D eigenvalue weighted by atomic mass is 10.0. The summed E-state index contributed by atoms with van der Waals surface area (Å²) in [6.45, 7) is 7.12. The lowest BCUT2D eigenvalue weighted by Gasteiger charge is -2.35. The molecule has 1 aromatic carbocycles. The Morgan fingerprint density at radius 3 is 2.46 bits per heavy atom. The largest absolute Gasteiger partial charge is 0.371 e. The van der Waals surface area contributed by atoms with E-state index < -0.39 is 0 Å². The number of anilines is 1. The number of nitrogens with zero attached hydrogens (tertiary/aromatic N) is 2. The van der Waals surface area contributed by atoms with E-state index in [9.17, 15) is 9.59 Å². The number of thiophene rings is 1. The van der Waals surface area contributed by atoms with Crippen molar-refractivity contribution in [3.05, 3.63) is 52.2 Å². The Kier molecular flexibility index (Phi) is 7.09. The smallest absolute Gasteiger partial charge is 0.255 e. The van der Waals surface area contributed by atoms with E-state index in [0.29, 0.717) is 19.5 Å². The highest BCUT2D eigenvalue weighted by atomic mass is 32.1. The van der Waals surface area contributed by atoms with Gasteiger partial charge in [0.1, 0.15) is 0 Å². The van der Waals surface area contributed by atoms with Crippen LogP contribution < -0.4 is 10.2 Å². The van der Waals surface area contributed by atoms with Crippen LogP contribution in [0.1, 0.15) is 41.9 Å². The first kappa shape index (κ1) is 20.4. The van der Waals surface area contributed by atoms with E-state index in [-0.39, 0.29) is 17.9 Å². The third-order valence-corrected chi connectivity index (χ3v) is 6.18. The molecule has 6 heteroatoms. The summed E-state index contributed by atoms with van der Waals surface area (Å²) in [7, 11) is 0. The molecule has 2 amide bonds. The summed E-state index contributed by atoms with van der Waals surface area (Å²) < 4.78 is 0. The fourth-order valence-electron chi connectivity index (χ4n) is 3.73. The number of rotatable bonds is 7. The van der Waals surface area contributed by atoms with Crippen LogP contribution in [0.4, 0.5) is 5.69 Å². The average molecular weight is 400 g/mol. The van der Waals surface area contributed by atoms with Crippen molar-refractivity contribution in [3.63, 3.8) is 0 Å². The van der Waals surface area contributed by atoms with Crippen molar-refractivity contribution in [2.24, 2.45) is 0 Å². The van der Waals surface area contributed by atoms with Crippen LogP contribution in [0.15, 0.2) is 41.8 Å². The minimum Gasteiger partial charge on any atom is -0.371 e. The zero-order valence-electron chi connectivity index (χ0n) is 16.7. The van der Waals surface area contributed by atoms with Gasteiger partial charge < -0.3 is 15.1 Å². The van der Waals surface area contributed by atoms with E-state index in [1.54, 1.807) is 11.3 Å². The molecular weight excluding hydrogens is 370 g/mol. The quantitative estimate of drug-likeness (QED) is 0.775. The molecule has 2 aromatic rings. The highest BCUT2D eigenvalue weighted by Gasteiger charge is 2.25. The number of hydrogen-bond acceptors (Lipinski definition) is 4. The summed E-state index contributed by atoms with van der Waals surface area (Å²) in [5.41, 5.74) is 1.77. The van der Waals surface area contributed by atoms with Crippen LogP contribution in [0.2, 0.25) is 0 Å². The Hall–Kier alpha value is -2.34. The second kappa shape index (κ2) is 9.73. The van der Waals surface area contributed by atoms with Crippen molar-refractivity contribution in [1.82, 2.24) is 10.2 Å². The molecule has 2 heterocycles. The van der Waals surface area contributed by atoms with Gasteiger partial charge in [0.25, 0.3) is 5.91 Å². The predicted molar refractivity (Wildman–Crippen MR) is 115 cm³/mol. The van der Waals surface area contributed by atoms with E-state index in [4.69, 9.17) is 0 Å². The summed E-state index contributed by atoms with van der Waals surface area (Å²) in [4.78, 5) is 30.4. The number of carbonyl (C=O) groups is 2. The van der Waals surface area contributed by atoms with E-state index in [1.165, 1.54) is 0 Å². The number of para-hydroxylation sites is 1. The Labute approximate surface area is 171 Å². The molecule has 3 rings (SSSR count). The fourth-order valence-corrected chi connectivity index (χ4v) is 4.43. The van der Waals surface area contributed by atoms with Gasteiger partial charge in [-0.25, -0.2) is 0 Å². The van der Waals surface area contributed by atoms with Crippen molar-refractivity contribution in [2.75, 3.05) is 31.1 Å². The van der Waals surface area contributed by atoms with E-state index >= 15 is 0 Å². The van der Waals surface area contributed by atoms with Gasteiger partial charge in [0.15, 0.2) is 0 Å². The number of piperidine rings is 1. The van der Waals surface area contributed by atoms with Crippen LogP contribution in [-0.4, -0.2) is 48.9 Å². The summed E-state index contributed by atoms with van der Waals surface area (Å²) >= 11 is 1.62. The van der Waals surface area contributed by atoms with Crippen LogP contribution in [0, 0.1) is 0 Å². The van der Waals surface area contributed by atoms with Crippen molar-refractivity contribution >= 4 is 28.8 Å². The summed E-state index contributed by atoms with van der Waals surface area (Å²) in [6.07, 6.45) is 2.24. The molecule has 0 unspecified atom stereocenters. The molecule has 0 spiro atoms. The van der Waals surface area contributed by atoms with Gasteiger partial charge in [-0.1, -0.05) is 18.2 Å². The van der Waals surface area contributed by atoms with E-state index in [0.717, 1.165) is 42.1 Å². The molecule has 1 N–H and O–H groups in total. The van der Waals surface area contributed by atoms with Crippen molar-refractivity contribution < 1.29 is 9.59 Å². The SMILES string of the molecule is CCN(CC)C(=O)c1ccccc1N1CCC(NC(=O)Cc2cccs2)CC1. The van der Waals surface area contributed by atoms with Crippen LogP contribution in [0.5, 0.6) is 0 Å². The van der Waals surface area contributed by atoms with E-state index in [1.807, 2.05) is 60.5 Å². The fraction of sp³-hybridized carbons (Fsp3) is 0.455. The van der Waals surface area contributed by atoms with E-state index in [2.05, 4.69) is 10.2 Å². The first-order valence-corrected chi connectivity index (χ1v) is 10.9. The predicted octanol–water partition coefficient (Wildman–Crippen LogP) is 3.56. The maximum absolute atomic E-state index is 12.9. The van der Waals surface area contributed by atoms with Crippen LogP contribution in [-0.2, 0) is 11.2 Å². The summed E-state index contributed by atoms with van der Waals surface area (Å²) in [6, 6.07) is 12.0. The van der Waals surface area contributed by atoms with Gasteiger partial charge in [-0.2, -0.15) is 0 Å². The summed E-state index contributed by atoms with van der Waals surface area (Å²) in [5, 5.41) is 5.17. The molecule has 1 aliphatic heterocycles. The topological polar surface area (TPSA) is 52.7 Å². The van der Waals surface area contributed by atoms with Gasteiger partial charge in [0.05, 0.1) is 12.0 Å². The number of nitrogens with one attached hydrogen (secondary N) is 1. The van der Waals surface area contributed by atoms with Crippen LogP contribution >= 0.6 is 11.3 Å². The van der Waals surface area contributed by atoms with Crippen molar-refractivity contribution in [3.8, 4) is 0 Å². The third-order valence-electron chi connectivity index (χ3n) is 5.30. The van der Waals surface area contributed by atoms with Crippen molar-refractivity contribution in [2.45, 2.75) is 39.2 Å². The van der Waals surface area contributed by atoms with Gasteiger partial charge in [-0.15, -0.1) is 11.3 Å². The molecule has 0 radical (unpaired) electrons. The molecule has 0 bridgehead atoms. The van der Waals surface area contributed by atoms with Gasteiger partial charge in [-0.05, 0) is 50.3 Å². The third kappa shape index (κ3) is 4.93. The molecular formula is C22H29N3O2S. The molecule has 150 valence electrons. The molecule has 1 fully saturated rings. The molecule has 0 saturated carbocycles. The highest BCUT2D eigenvalue weighted by Crippen LogP contribution is 2.25. The maximum Gasteiger partial charge on any atom is 0.255 e. The van der Waals surface area contributed by atoms with Gasteiger partial charge in [0.2, 0.25) is 5.91 Å². The monoisotopic (exact) mass is 399 g/mol. The Bertz CT molecular complexity index is 779. The first-order chi connectivity index (χ1) is 13.6. The number of hydrogen-bond donors (Lipinski definition) is 1.